The molecule has 3 saturated heterocycles. The van der Waals surface area contributed by atoms with Crippen LogP contribution in [0.5, 0.6) is 0 Å². The number of anilines is 2. The number of fused-ring (bicyclic) bond motifs is 1. The van der Waals surface area contributed by atoms with Gasteiger partial charge in [-0.2, -0.15) is 13.2 Å². The van der Waals surface area contributed by atoms with E-state index in [0.29, 0.717) is 44.4 Å². The van der Waals surface area contributed by atoms with Crippen molar-refractivity contribution in [3.05, 3.63) is 58.1 Å². The number of ether oxygens (including phenoxy) is 1. The SMILES string of the molecule is COC(=O)CN1CCC(C2CCN(C(=O)C(CC(=O)N3CCCCC3N3Cc4ccccc4NC3=O)Cc3cc(Cl)c(N)c(C(F)(F)F)c3)CC2)CC1. The fourth-order valence-corrected chi connectivity index (χ4v) is 8.80. The van der Waals surface area contributed by atoms with Crippen molar-refractivity contribution in [2.45, 2.75) is 76.7 Å². The highest BCUT2D eigenvalue weighted by Crippen LogP contribution is 2.39. The molecule has 53 heavy (non-hydrogen) atoms. The number of carbonyl (C=O) groups is 4. The minimum Gasteiger partial charge on any atom is -0.468 e. The molecule has 4 amide bonds. The first-order chi connectivity index (χ1) is 25.3. The van der Waals surface area contributed by atoms with Gasteiger partial charge in [0.05, 0.1) is 42.4 Å². The van der Waals surface area contributed by atoms with Gasteiger partial charge >= 0.3 is 18.2 Å². The number of nitrogen functional groups attached to an aromatic ring is 1. The van der Waals surface area contributed by atoms with Crippen molar-refractivity contribution in [1.82, 2.24) is 19.6 Å². The van der Waals surface area contributed by atoms with E-state index in [9.17, 15) is 32.3 Å². The van der Waals surface area contributed by atoms with Crippen molar-refractivity contribution >= 4 is 46.8 Å². The minimum atomic E-state index is -4.76. The first kappa shape index (κ1) is 38.7. The Labute approximate surface area is 312 Å². The van der Waals surface area contributed by atoms with Crippen molar-refractivity contribution in [3.8, 4) is 0 Å². The summed E-state index contributed by atoms with van der Waals surface area (Å²) in [6.45, 7) is 3.55. The lowest BCUT2D eigenvalue weighted by Crippen LogP contribution is -2.57. The standard InChI is InChI=1S/C38H48ClF3N6O5/c1-53-34(50)23-45-14-9-25(10-15-45)26-11-16-46(17-12-26)36(51)28(18-24-19-29(38(40,41)42)35(43)30(39)20-24)21-33(49)47-13-5-4-8-32(47)48-22-27-6-2-3-7-31(27)44-37(48)52/h2-3,6-7,19-20,25-26,28,32H,4-5,8-18,21-23,43H2,1H3,(H,44,52). The largest absolute Gasteiger partial charge is 0.468 e. The molecule has 0 bridgehead atoms. The van der Waals surface area contributed by atoms with Crippen molar-refractivity contribution in [1.29, 1.82) is 0 Å². The molecule has 2 atom stereocenters. The molecule has 0 spiro atoms. The Kier molecular flexibility index (Phi) is 12.1. The number of methoxy groups -OCH3 is 1. The highest BCUT2D eigenvalue weighted by atomic mass is 35.5. The van der Waals surface area contributed by atoms with Crippen LogP contribution in [0.15, 0.2) is 36.4 Å². The number of nitrogens with two attached hydrogens (primary N) is 1. The summed E-state index contributed by atoms with van der Waals surface area (Å²) < 4.78 is 46.6. The topological polar surface area (TPSA) is 129 Å². The Balaban J connectivity index is 1.18. The molecule has 2 aromatic rings. The lowest BCUT2D eigenvalue weighted by atomic mass is 9.78. The highest BCUT2D eigenvalue weighted by Gasteiger charge is 2.40. The van der Waals surface area contributed by atoms with Gasteiger partial charge in [0.15, 0.2) is 0 Å². The number of hydrogen-bond acceptors (Lipinski definition) is 7. The van der Waals surface area contributed by atoms with E-state index in [1.165, 1.54) is 13.2 Å². The second-order valence-corrected chi connectivity index (χ2v) is 15.2. The highest BCUT2D eigenvalue weighted by molar-refractivity contribution is 6.33. The van der Waals surface area contributed by atoms with E-state index in [2.05, 4.69) is 10.2 Å². The molecular weight excluding hydrogens is 713 g/mol. The lowest BCUT2D eigenvalue weighted by Gasteiger charge is -2.44. The molecule has 0 saturated carbocycles. The quantitative estimate of drug-likeness (QED) is 0.237. The third-order valence-corrected chi connectivity index (χ3v) is 11.8. The van der Waals surface area contributed by atoms with Crippen LogP contribution in [0, 0.1) is 17.8 Å². The number of rotatable bonds is 9. The van der Waals surface area contributed by atoms with Gasteiger partial charge in [-0.25, -0.2) is 4.79 Å². The normalized spacial score (nSPS) is 21.2. The van der Waals surface area contributed by atoms with Crippen LogP contribution in [0.1, 0.15) is 68.1 Å². The van der Waals surface area contributed by atoms with E-state index in [1.54, 1.807) is 14.7 Å². The number of nitrogens with one attached hydrogen (secondary N) is 1. The van der Waals surface area contributed by atoms with E-state index in [4.69, 9.17) is 22.1 Å². The summed E-state index contributed by atoms with van der Waals surface area (Å²) in [5.74, 6) is -0.960. The first-order valence-electron chi connectivity index (χ1n) is 18.5. The molecule has 6 rings (SSSR count). The molecule has 2 aromatic carbocycles. The molecule has 2 unspecified atom stereocenters. The number of hydrogen-bond donors (Lipinski definition) is 2. The third kappa shape index (κ3) is 9.02. The molecule has 4 aliphatic rings. The summed E-state index contributed by atoms with van der Waals surface area (Å²) in [4.78, 5) is 60.7. The maximum atomic E-state index is 14.3. The van der Waals surface area contributed by atoms with Crippen LogP contribution in [-0.2, 0) is 38.3 Å². The number of alkyl halides is 3. The molecule has 0 radical (unpaired) electrons. The van der Waals surface area contributed by atoms with Gasteiger partial charge in [0.25, 0.3) is 0 Å². The number of piperidine rings is 3. The average Bonchev–Trinajstić information content (AvgIpc) is 3.15. The zero-order chi connectivity index (χ0) is 37.9. The number of para-hydroxylation sites is 1. The van der Waals surface area contributed by atoms with Crippen LogP contribution in [0.25, 0.3) is 0 Å². The summed E-state index contributed by atoms with van der Waals surface area (Å²) in [5, 5.41) is 2.65. The Morgan fingerprint density at radius 2 is 1.66 bits per heavy atom. The Bertz CT molecular complexity index is 1680. The summed E-state index contributed by atoms with van der Waals surface area (Å²) >= 11 is 6.19. The molecule has 3 fully saturated rings. The molecular formula is C38H48ClF3N6O5. The van der Waals surface area contributed by atoms with E-state index in [0.717, 1.165) is 68.9 Å². The molecule has 0 aromatic heterocycles. The maximum Gasteiger partial charge on any atom is 0.418 e. The van der Waals surface area contributed by atoms with Crippen molar-refractivity contribution < 1.29 is 37.1 Å². The Hall–Kier alpha value is -4.04. The predicted molar refractivity (Wildman–Crippen MR) is 194 cm³/mol. The van der Waals surface area contributed by atoms with Crippen LogP contribution >= 0.6 is 11.6 Å². The maximum absolute atomic E-state index is 14.3. The van der Waals surface area contributed by atoms with Gasteiger partial charge in [-0.05, 0) is 106 Å². The molecule has 3 N–H and O–H groups in total. The van der Waals surface area contributed by atoms with E-state index in [1.807, 2.05) is 24.3 Å². The summed E-state index contributed by atoms with van der Waals surface area (Å²) in [7, 11) is 1.38. The van der Waals surface area contributed by atoms with E-state index >= 15 is 0 Å². The first-order valence-corrected chi connectivity index (χ1v) is 18.9. The van der Waals surface area contributed by atoms with Crippen molar-refractivity contribution in [3.63, 3.8) is 0 Å². The molecule has 15 heteroatoms. The lowest BCUT2D eigenvalue weighted by molar-refractivity contribution is -0.146. The molecule has 0 aliphatic carbocycles. The second-order valence-electron chi connectivity index (χ2n) is 14.8. The second kappa shape index (κ2) is 16.5. The van der Waals surface area contributed by atoms with Gasteiger partial charge in [-0.1, -0.05) is 29.8 Å². The molecule has 11 nitrogen and oxygen atoms in total. The predicted octanol–water partition coefficient (Wildman–Crippen LogP) is 6.00. The fraction of sp³-hybridized carbons (Fsp3) is 0.579. The van der Waals surface area contributed by atoms with Gasteiger partial charge < -0.3 is 25.6 Å². The molecule has 4 aliphatic heterocycles. The van der Waals surface area contributed by atoms with Crippen LogP contribution in [0.3, 0.4) is 0 Å². The Morgan fingerprint density at radius 1 is 0.981 bits per heavy atom. The van der Waals surface area contributed by atoms with Crippen LogP contribution in [0.2, 0.25) is 5.02 Å². The number of nitrogens with zero attached hydrogens (tertiary/aromatic N) is 4. The number of halogens is 4. The van der Waals surface area contributed by atoms with Gasteiger partial charge in [0, 0.05) is 31.7 Å². The van der Waals surface area contributed by atoms with Gasteiger partial charge in [-0.3, -0.25) is 24.2 Å². The van der Waals surface area contributed by atoms with Gasteiger partial charge in [0.2, 0.25) is 11.8 Å². The van der Waals surface area contributed by atoms with Crippen LogP contribution in [-0.4, -0.2) is 96.0 Å². The number of amides is 4. The van der Waals surface area contributed by atoms with E-state index < -0.39 is 29.5 Å². The molecule has 4 heterocycles. The fourth-order valence-electron chi connectivity index (χ4n) is 8.56. The Morgan fingerprint density at radius 3 is 2.34 bits per heavy atom. The summed E-state index contributed by atoms with van der Waals surface area (Å²) in [6.07, 6.45) is -0.102. The van der Waals surface area contributed by atoms with E-state index in [-0.39, 0.29) is 53.8 Å². The smallest absolute Gasteiger partial charge is 0.418 e. The van der Waals surface area contributed by atoms with Crippen molar-refractivity contribution in [2.24, 2.45) is 17.8 Å². The van der Waals surface area contributed by atoms with Crippen molar-refractivity contribution in [2.75, 3.05) is 57.4 Å². The average molecular weight is 761 g/mol. The van der Waals surface area contributed by atoms with Crippen LogP contribution < -0.4 is 11.1 Å². The third-order valence-electron chi connectivity index (χ3n) is 11.5. The minimum absolute atomic E-state index is 0.137. The number of esters is 1. The zero-order valence-corrected chi connectivity index (χ0v) is 30.8. The van der Waals surface area contributed by atoms with Gasteiger partial charge in [-0.15, -0.1) is 0 Å². The van der Waals surface area contributed by atoms with Gasteiger partial charge in [0.1, 0.15) is 6.17 Å². The summed E-state index contributed by atoms with van der Waals surface area (Å²) in [6, 6.07) is 9.44. The summed E-state index contributed by atoms with van der Waals surface area (Å²) in [5.41, 5.74) is 5.86. The number of likely N-dealkylation sites (tertiary alicyclic amines) is 3. The molecule has 288 valence electrons. The zero-order valence-electron chi connectivity index (χ0n) is 30.0. The monoisotopic (exact) mass is 760 g/mol. The van der Waals surface area contributed by atoms with Crippen LogP contribution in [0.4, 0.5) is 29.3 Å². The number of urea groups is 1. The number of benzene rings is 2. The number of carbonyl (C=O) groups excluding carboxylic acids is 4.